The summed E-state index contributed by atoms with van der Waals surface area (Å²) in [7, 11) is 0. The molecule has 1 amide bonds. The second-order valence-electron chi connectivity index (χ2n) is 5.35. The molecule has 1 fully saturated rings. The Bertz CT molecular complexity index is 335. The summed E-state index contributed by atoms with van der Waals surface area (Å²) in [6.07, 6.45) is 6.52. The molecule has 114 valence electrons. The summed E-state index contributed by atoms with van der Waals surface area (Å²) in [5.74, 6) is -0.567. The highest BCUT2D eigenvalue weighted by molar-refractivity contribution is 5.85. The van der Waals surface area contributed by atoms with Crippen molar-refractivity contribution in [3.05, 3.63) is 12.7 Å². The van der Waals surface area contributed by atoms with Crippen molar-refractivity contribution in [3.8, 4) is 0 Å². The third kappa shape index (κ3) is 5.33. The molecule has 0 aliphatic heterocycles. The van der Waals surface area contributed by atoms with E-state index in [0.717, 1.165) is 32.1 Å². The second-order valence-corrected chi connectivity index (χ2v) is 5.35. The summed E-state index contributed by atoms with van der Waals surface area (Å²) in [4.78, 5) is 23.2. The first-order valence-corrected chi connectivity index (χ1v) is 7.30. The van der Waals surface area contributed by atoms with Crippen LogP contribution in [0.1, 0.15) is 39.0 Å². The number of hydrogen-bond donors (Lipinski definition) is 2. The summed E-state index contributed by atoms with van der Waals surface area (Å²) in [5, 5.41) is 11.7. The highest BCUT2D eigenvalue weighted by atomic mass is 16.5. The summed E-state index contributed by atoms with van der Waals surface area (Å²) < 4.78 is 5.12. The van der Waals surface area contributed by atoms with Crippen LogP contribution in [0.15, 0.2) is 12.7 Å². The first-order valence-electron chi connectivity index (χ1n) is 7.30. The van der Waals surface area contributed by atoms with Crippen LogP contribution in [-0.2, 0) is 14.3 Å². The van der Waals surface area contributed by atoms with Gasteiger partial charge in [0, 0.05) is 5.92 Å². The molecule has 1 aliphatic carbocycles. The summed E-state index contributed by atoms with van der Waals surface area (Å²) >= 11 is 0. The Morgan fingerprint density at radius 3 is 2.55 bits per heavy atom. The molecule has 5 nitrogen and oxygen atoms in total. The maximum atomic E-state index is 12.1. The van der Waals surface area contributed by atoms with Gasteiger partial charge in [-0.25, -0.2) is 4.79 Å². The molecule has 1 atom stereocenters. The van der Waals surface area contributed by atoms with E-state index in [2.05, 4.69) is 18.8 Å². The largest absolute Gasteiger partial charge is 0.480 e. The highest BCUT2D eigenvalue weighted by Gasteiger charge is 2.28. The van der Waals surface area contributed by atoms with E-state index in [-0.39, 0.29) is 25.0 Å². The van der Waals surface area contributed by atoms with Gasteiger partial charge in [-0.15, -0.1) is 6.58 Å². The van der Waals surface area contributed by atoms with Crippen LogP contribution < -0.4 is 5.32 Å². The van der Waals surface area contributed by atoms with Gasteiger partial charge < -0.3 is 15.2 Å². The van der Waals surface area contributed by atoms with Crippen LogP contribution in [0.2, 0.25) is 0 Å². The van der Waals surface area contributed by atoms with Crippen LogP contribution in [-0.4, -0.2) is 36.2 Å². The number of rotatable bonds is 8. The van der Waals surface area contributed by atoms with Gasteiger partial charge in [0.2, 0.25) is 5.91 Å². The Kier molecular flexibility index (Phi) is 7.30. The number of amides is 1. The molecule has 1 saturated carbocycles. The average molecular weight is 283 g/mol. The lowest BCUT2D eigenvalue weighted by atomic mass is 9.80. The molecule has 20 heavy (non-hydrogen) atoms. The fourth-order valence-corrected chi connectivity index (χ4v) is 2.57. The van der Waals surface area contributed by atoms with Crippen molar-refractivity contribution >= 4 is 11.9 Å². The molecule has 1 rings (SSSR count). The number of carboxylic acids is 1. The van der Waals surface area contributed by atoms with Crippen LogP contribution in [0.3, 0.4) is 0 Å². The maximum Gasteiger partial charge on any atom is 0.328 e. The normalized spacial score (nSPS) is 23.9. The molecule has 0 radical (unpaired) electrons. The Morgan fingerprint density at radius 2 is 2.05 bits per heavy atom. The quantitative estimate of drug-likeness (QED) is 0.527. The van der Waals surface area contributed by atoms with Crippen molar-refractivity contribution in [1.82, 2.24) is 5.32 Å². The zero-order valence-corrected chi connectivity index (χ0v) is 12.1. The zero-order chi connectivity index (χ0) is 15.0. The number of aliphatic carboxylic acids is 1. The van der Waals surface area contributed by atoms with E-state index >= 15 is 0 Å². The van der Waals surface area contributed by atoms with Crippen LogP contribution >= 0.6 is 0 Å². The first-order chi connectivity index (χ1) is 9.58. The van der Waals surface area contributed by atoms with Crippen LogP contribution in [0.5, 0.6) is 0 Å². The van der Waals surface area contributed by atoms with Crippen LogP contribution in [0, 0.1) is 11.8 Å². The fourth-order valence-electron chi connectivity index (χ4n) is 2.57. The predicted molar refractivity (Wildman–Crippen MR) is 76.3 cm³/mol. The Balaban J connectivity index is 2.41. The lowest BCUT2D eigenvalue weighted by molar-refractivity contribution is -0.144. The summed E-state index contributed by atoms with van der Waals surface area (Å²) in [6.45, 7) is 5.91. The van der Waals surface area contributed by atoms with Gasteiger partial charge in [0.15, 0.2) is 6.04 Å². The standard InChI is InChI=1S/C15H25NO4/c1-3-9-20-10-13(15(18)19)16-14(17)12-7-5-11(4-2)6-8-12/h3,11-13H,1,4-10H2,2H3,(H,16,17)(H,18,19). The third-order valence-corrected chi connectivity index (χ3v) is 3.93. The number of carboxylic acid groups (broad SMARTS) is 1. The van der Waals surface area contributed by atoms with Crippen molar-refractivity contribution in [2.45, 2.75) is 45.1 Å². The molecule has 5 heteroatoms. The summed E-state index contributed by atoms with van der Waals surface area (Å²) in [5.41, 5.74) is 0. The van der Waals surface area contributed by atoms with E-state index in [0.29, 0.717) is 5.92 Å². The molecule has 0 spiro atoms. The molecule has 2 N–H and O–H groups in total. The molecule has 0 bridgehead atoms. The minimum Gasteiger partial charge on any atom is -0.480 e. The smallest absolute Gasteiger partial charge is 0.328 e. The second kappa shape index (κ2) is 8.74. The minimum absolute atomic E-state index is 0.0304. The van der Waals surface area contributed by atoms with Gasteiger partial charge >= 0.3 is 5.97 Å². The number of carbonyl (C=O) groups is 2. The lowest BCUT2D eigenvalue weighted by Crippen LogP contribution is -2.47. The van der Waals surface area contributed by atoms with Crippen molar-refractivity contribution in [1.29, 1.82) is 0 Å². The Morgan fingerprint density at radius 1 is 1.40 bits per heavy atom. The lowest BCUT2D eigenvalue weighted by Gasteiger charge is -2.27. The minimum atomic E-state index is -1.07. The third-order valence-electron chi connectivity index (χ3n) is 3.93. The van der Waals surface area contributed by atoms with Crippen molar-refractivity contribution < 1.29 is 19.4 Å². The fraction of sp³-hybridized carbons (Fsp3) is 0.733. The van der Waals surface area contributed by atoms with Gasteiger partial charge in [-0.05, 0) is 31.6 Å². The van der Waals surface area contributed by atoms with E-state index in [4.69, 9.17) is 9.84 Å². The molecule has 1 unspecified atom stereocenters. The van der Waals surface area contributed by atoms with Crippen molar-refractivity contribution in [2.75, 3.05) is 13.2 Å². The highest BCUT2D eigenvalue weighted by Crippen LogP contribution is 2.30. The van der Waals surface area contributed by atoms with Gasteiger partial charge in [-0.3, -0.25) is 4.79 Å². The first kappa shape index (κ1) is 16.7. The number of ether oxygens (including phenoxy) is 1. The van der Waals surface area contributed by atoms with Gasteiger partial charge in [-0.1, -0.05) is 19.4 Å². The molecular formula is C15H25NO4. The zero-order valence-electron chi connectivity index (χ0n) is 12.1. The molecule has 0 saturated heterocycles. The van der Waals surface area contributed by atoms with Gasteiger partial charge in [0.1, 0.15) is 0 Å². The monoisotopic (exact) mass is 283 g/mol. The topological polar surface area (TPSA) is 75.6 Å². The maximum absolute atomic E-state index is 12.1. The van der Waals surface area contributed by atoms with E-state index in [1.807, 2.05) is 0 Å². The molecule has 0 aromatic heterocycles. The van der Waals surface area contributed by atoms with Crippen LogP contribution in [0.4, 0.5) is 0 Å². The van der Waals surface area contributed by atoms with Gasteiger partial charge in [-0.2, -0.15) is 0 Å². The molecule has 0 aromatic rings. The Labute approximate surface area is 120 Å². The summed E-state index contributed by atoms with van der Waals surface area (Å²) in [6, 6.07) is -0.980. The van der Waals surface area contributed by atoms with E-state index in [1.54, 1.807) is 6.08 Å². The molecular weight excluding hydrogens is 258 g/mol. The average Bonchev–Trinajstić information content (AvgIpc) is 2.46. The SMILES string of the molecule is C=CCOCC(NC(=O)C1CCC(CC)CC1)C(=O)O. The van der Waals surface area contributed by atoms with E-state index < -0.39 is 12.0 Å². The van der Waals surface area contributed by atoms with Gasteiger partial charge in [0.05, 0.1) is 13.2 Å². The number of nitrogens with one attached hydrogen (secondary N) is 1. The molecule has 0 heterocycles. The Hall–Kier alpha value is -1.36. The number of carbonyl (C=O) groups excluding carboxylic acids is 1. The predicted octanol–water partition coefficient (Wildman–Crippen LogP) is 1.97. The molecule has 1 aliphatic rings. The van der Waals surface area contributed by atoms with E-state index in [9.17, 15) is 9.59 Å². The number of hydrogen-bond acceptors (Lipinski definition) is 3. The van der Waals surface area contributed by atoms with E-state index in [1.165, 1.54) is 0 Å². The van der Waals surface area contributed by atoms with Crippen molar-refractivity contribution in [3.63, 3.8) is 0 Å². The van der Waals surface area contributed by atoms with Gasteiger partial charge in [0.25, 0.3) is 0 Å². The van der Waals surface area contributed by atoms with Crippen molar-refractivity contribution in [2.24, 2.45) is 11.8 Å². The molecule has 0 aromatic carbocycles. The van der Waals surface area contributed by atoms with Crippen LogP contribution in [0.25, 0.3) is 0 Å².